The minimum absolute atomic E-state index is 0.217. The Morgan fingerprint density at radius 3 is 2.72 bits per heavy atom. The molecule has 1 fully saturated rings. The molecule has 102 valence electrons. The minimum Gasteiger partial charge on any atom is -0.444 e. The highest BCUT2D eigenvalue weighted by molar-refractivity contribution is 4.96. The average molecular weight is 250 g/mol. The van der Waals surface area contributed by atoms with Crippen molar-refractivity contribution in [2.24, 2.45) is 11.8 Å². The molecule has 2 rings (SSSR count). The van der Waals surface area contributed by atoms with E-state index < -0.39 is 0 Å². The maximum Gasteiger partial charge on any atom is 0.211 e. The summed E-state index contributed by atoms with van der Waals surface area (Å²) in [5, 5.41) is 3.68. The molecule has 1 aliphatic carbocycles. The second-order valence-corrected chi connectivity index (χ2v) is 6.07. The summed E-state index contributed by atoms with van der Waals surface area (Å²) in [6.45, 7) is 8.77. The zero-order chi connectivity index (χ0) is 13.1. The van der Waals surface area contributed by atoms with Crippen LogP contribution in [-0.4, -0.2) is 11.0 Å². The van der Waals surface area contributed by atoms with E-state index in [2.05, 4.69) is 31.1 Å². The molecule has 1 aromatic rings. The molecule has 3 nitrogen and oxygen atoms in total. The molecular formula is C15H26N2O. The van der Waals surface area contributed by atoms with Gasteiger partial charge in [-0.25, -0.2) is 4.98 Å². The zero-order valence-electron chi connectivity index (χ0n) is 12.1. The maximum atomic E-state index is 5.59. The second-order valence-electron chi connectivity index (χ2n) is 6.07. The molecule has 1 heterocycles. The Kier molecular flexibility index (Phi) is 4.44. The Bertz CT molecular complexity index is 372. The van der Waals surface area contributed by atoms with Crippen molar-refractivity contribution in [2.75, 3.05) is 0 Å². The highest BCUT2D eigenvalue weighted by Crippen LogP contribution is 2.31. The Balaban J connectivity index is 1.89. The van der Waals surface area contributed by atoms with Crippen molar-refractivity contribution in [3.05, 3.63) is 17.8 Å². The Labute approximate surface area is 110 Å². The number of nitrogens with one attached hydrogen (secondary N) is 1. The van der Waals surface area contributed by atoms with Crippen LogP contribution in [0.4, 0.5) is 0 Å². The van der Waals surface area contributed by atoms with E-state index in [1.165, 1.54) is 25.7 Å². The largest absolute Gasteiger partial charge is 0.444 e. The normalized spacial score (nSPS) is 26.5. The summed E-state index contributed by atoms with van der Waals surface area (Å²) in [5.74, 6) is 3.38. The first kappa shape index (κ1) is 13.6. The molecule has 3 atom stereocenters. The number of aromatic nitrogens is 1. The van der Waals surface area contributed by atoms with Gasteiger partial charge in [0.15, 0.2) is 0 Å². The molecule has 0 spiro atoms. The van der Waals surface area contributed by atoms with Crippen molar-refractivity contribution < 1.29 is 4.42 Å². The van der Waals surface area contributed by atoms with Gasteiger partial charge in [0.25, 0.3) is 0 Å². The summed E-state index contributed by atoms with van der Waals surface area (Å²) in [7, 11) is 0. The van der Waals surface area contributed by atoms with E-state index >= 15 is 0 Å². The van der Waals surface area contributed by atoms with Crippen LogP contribution in [-0.2, 0) is 0 Å². The third-order valence-corrected chi connectivity index (χ3v) is 4.15. The number of nitrogens with zero attached hydrogens (tertiary/aromatic N) is 1. The highest BCUT2D eigenvalue weighted by Gasteiger charge is 2.26. The monoisotopic (exact) mass is 250 g/mol. The van der Waals surface area contributed by atoms with E-state index in [4.69, 9.17) is 4.42 Å². The van der Waals surface area contributed by atoms with Crippen molar-refractivity contribution in [3.8, 4) is 0 Å². The van der Waals surface area contributed by atoms with Gasteiger partial charge in [-0.1, -0.05) is 26.7 Å². The van der Waals surface area contributed by atoms with Gasteiger partial charge >= 0.3 is 0 Å². The molecule has 1 saturated carbocycles. The third kappa shape index (κ3) is 3.35. The number of aryl methyl sites for hydroxylation is 1. The Morgan fingerprint density at radius 1 is 1.33 bits per heavy atom. The predicted molar refractivity (Wildman–Crippen MR) is 73.4 cm³/mol. The van der Waals surface area contributed by atoms with Crippen LogP contribution in [0.1, 0.15) is 64.1 Å². The van der Waals surface area contributed by atoms with Crippen molar-refractivity contribution in [1.82, 2.24) is 10.3 Å². The smallest absolute Gasteiger partial charge is 0.211 e. The average Bonchev–Trinajstić information content (AvgIpc) is 2.76. The van der Waals surface area contributed by atoms with E-state index in [9.17, 15) is 0 Å². The lowest BCUT2D eigenvalue weighted by molar-refractivity contribution is 0.216. The molecule has 0 radical (unpaired) electrons. The Hall–Kier alpha value is -0.830. The first-order chi connectivity index (χ1) is 8.56. The number of rotatable bonds is 4. The van der Waals surface area contributed by atoms with Crippen LogP contribution in [0.3, 0.4) is 0 Å². The molecule has 3 heteroatoms. The summed E-state index contributed by atoms with van der Waals surface area (Å²) in [6, 6.07) is 0.836. The van der Waals surface area contributed by atoms with Gasteiger partial charge in [0.2, 0.25) is 5.89 Å². The van der Waals surface area contributed by atoms with E-state index in [1.807, 2.05) is 6.92 Å². The second kappa shape index (κ2) is 5.87. The molecule has 0 aliphatic heterocycles. The van der Waals surface area contributed by atoms with Gasteiger partial charge in [-0.2, -0.15) is 0 Å². The van der Waals surface area contributed by atoms with Crippen LogP contribution in [0.5, 0.6) is 0 Å². The summed E-state index contributed by atoms with van der Waals surface area (Å²) in [4.78, 5) is 4.31. The zero-order valence-corrected chi connectivity index (χ0v) is 12.1. The van der Waals surface area contributed by atoms with Crippen molar-refractivity contribution in [2.45, 2.75) is 65.5 Å². The van der Waals surface area contributed by atoms with Gasteiger partial charge in [-0.05, 0) is 38.5 Å². The van der Waals surface area contributed by atoms with Gasteiger partial charge < -0.3 is 9.73 Å². The molecule has 1 aromatic heterocycles. The number of oxazole rings is 1. The molecule has 0 aromatic carbocycles. The summed E-state index contributed by atoms with van der Waals surface area (Å²) in [6.07, 6.45) is 7.11. The van der Waals surface area contributed by atoms with E-state index in [1.54, 1.807) is 6.20 Å². The van der Waals surface area contributed by atoms with E-state index in [-0.39, 0.29) is 6.04 Å². The maximum absolute atomic E-state index is 5.59. The molecule has 3 unspecified atom stereocenters. The third-order valence-electron chi connectivity index (χ3n) is 4.15. The molecular weight excluding hydrogens is 224 g/mol. The first-order valence-electron chi connectivity index (χ1n) is 7.24. The van der Waals surface area contributed by atoms with Gasteiger partial charge in [-0.3, -0.25) is 0 Å². The number of hydrogen-bond donors (Lipinski definition) is 1. The van der Waals surface area contributed by atoms with Crippen LogP contribution < -0.4 is 5.32 Å². The van der Waals surface area contributed by atoms with Gasteiger partial charge in [0.1, 0.15) is 5.76 Å². The molecule has 0 bridgehead atoms. The lowest BCUT2D eigenvalue weighted by Crippen LogP contribution is -2.37. The first-order valence-corrected chi connectivity index (χ1v) is 7.24. The fourth-order valence-electron chi connectivity index (χ4n) is 2.98. The quantitative estimate of drug-likeness (QED) is 0.882. The van der Waals surface area contributed by atoms with Crippen molar-refractivity contribution in [1.29, 1.82) is 0 Å². The van der Waals surface area contributed by atoms with Gasteiger partial charge in [-0.15, -0.1) is 0 Å². The van der Waals surface area contributed by atoms with Gasteiger partial charge in [0, 0.05) is 6.04 Å². The lowest BCUT2D eigenvalue weighted by atomic mass is 9.79. The summed E-state index contributed by atoms with van der Waals surface area (Å²) in [5.41, 5.74) is 0. The minimum atomic E-state index is 0.217. The molecule has 0 saturated heterocycles. The topological polar surface area (TPSA) is 38.1 Å². The SMILES string of the molecule is Cc1cnc(C(C)NC2CCCC(C(C)C)C2)o1. The predicted octanol–water partition coefficient (Wildman–Crippen LogP) is 3.85. The van der Waals surface area contributed by atoms with Crippen molar-refractivity contribution in [3.63, 3.8) is 0 Å². The number of hydrogen-bond acceptors (Lipinski definition) is 3. The van der Waals surface area contributed by atoms with Crippen LogP contribution in [0.2, 0.25) is 0 Å². The van der Waals surface area contributed by atoms with E-state index in [0.717, 1.165) is 23.5 Å². The fourth-order valence-corrected chi connectivity index (χ4v) is 2.98. The van der Waals surface area contributed by atoms with Gasteiger partial charge in [0.05, 0.1) is 12.2 Å². The molecule has 0 amide bonds. The van der Waals surface area contributed by atoms with Crippen LogP contribution in [0.25, 0.3) is 0 Å². The highest BCUT2D eigenvalue weighted by atomic mass is 16.4. The lowest BCUT2D eigenvalue weighted by Gasteiger charge is -2.33. The molecule has 1 N–H and O–H groups in total. The molecule has 1 aliphatic rings. The van der Waals surface area contributed by atoms with Crippen LogP contribution in [0, 0.1) is 18.8 Å². The van der Waals surface area contributed by atoms with Crippen LogP contribution in [0.15, 0.2) is 10.6 Å². The van der Waals surface area contributed by atoms with Crippen molar-refractivity contribution >= 4 is 0 Å². The standard InChI is InChI=1S/C15H26N2O/c1-10(2)13-6-5-7-14(8-13)17-12(4)15-16-9-11(3)18-15/h9-10,12-14,17H,5-8H2,1-4H3. The Morgan fingerprint density at radius 2 is 2.11 bits per heavy atom. The van der Waals surface area contributed by atoms with E-state index in [0.29, 0.717) is 6.04 Å². The summed E-state index contributed by atoms with van der Waals surface area (Å²) >= 11 is 0. The van der Waals surface area contributed by atoms with Crippen LogP contribution >= 0.6 is 0 Å². The summed E-state index contributed by atoms with van der Waals surface area (Å²) < 4.78 is 5.59. The molecule has 18 heavy (non-hydrogen) atoms. The fraction of sp³-hybridized carbons (Fsp3) is 0.800.